The number of likely N-dealkylation sites (N-methyl/N-ethyl adjacent to an activating group) is 2. The predicted octanol–water partition coefficient (Wildman–Crippen LogP) is 0.0305. The van der Waals surface area contributed by atoms with Gasteiger partial charge in [0.15, 0.2) is 5.69 Å². The van der Waals surface area contributed by atoms with Crippen LogP contribution in [0.4, 0.5) is 6.01 Å². The molecule has 0 spiro atoms. The van der Waals surface area contributed by atoms with Crippen LogP contribution in [0.25, 0.3) is 0 Å². The van der Waals surface area contributed by atoms with Gasteiger partial charge in [0.2, 0.25) is 0 Å². The lowest BCUT2D eigenvalue weighted by Crippen LogP contribution is -2.52. The Hall–Kier alpha value is -1.60. The van der Waals surface area contributed by atoms with Crippen molar-refractivity contribution < 1.29 is 14.3 Å². The predicted molar refractivity (Wildman–Crippen MR) is 65.9 cm³/mol. The molecule has 1 fully saturated rings. The van der Waals surface area contributed by atoms with Crippen LogP contribution in [-0.4, -0.2) is 72.2 Å². The average Bonchev–Trinajstić information content (AvgIpc) is 2.79. The lowest BCUT2D eigenvalue weighted by Gasteiger charge is -2.37. The zero-order chi connectivity index (χ0) is 13.1. The second kappa shape index (κ2) is 5.36. The third-order valence-corrected chi connectivity index (χ3v) is 3.19. The van der Waals surface area contributed by atoms with Gasteiger partial charge in [0.05, 0.1) is 0 Å². The fourth-order valence-corrected chi connectivity index (χ4v) is 1.98. The zero-order valence-electron chi connectivity index (χ0n) is 10.6. The van der Waals surface area contributed by atoms with Gasteiger partial charge in [-0.25, -0.2) is 4.79 Å². The molecule has 1 aliphatic heterocycles. The van der Waals surface area contributed by atoms with E-state index in [1.165, 1.54) is 0 Å². The Morgan fingerprint density at radius 1 is 1.61 bits per heavy atom. The molecule has 100 valence electrons. The van der Waals surface area contributed by atoms with Crippen LogP contribution in [0, 0.1) is 0 Å². The number of hydrogen-bond donors (Lipinski definition) is 2. The minimum atomic E-state index is -1.08. The monoisotopic (exact) mass is 254 g/mol. The molecule has 0 aliphatic carbocycles. The molecule has 1 aliphatic rings. The number of piperazine rings is 1. The van der Waals surface area contributed by atoms with Crippen molar-refractivity contribution in [2.45, 2.75) is 6.04 Å². The molecule has 1 atom stereocenters. The van der Waals surface area contributed by atoms with E-state index < -0.39 is 5.97 Å². The second-order valence-corrected chi connectivity index (χ2v) is 4.62. The quantitative estimate of drug-likeness (QED) is 0.784. The lowest BCUT2D eigenvalue weighted by atomic mass is 10.2. The molecule has 1 unspecified atom stereocenters. The maximum atomic E-state index is 10.7. The van der Waals surface area contributed by atoms with Crippen LogP contribution in [0.3, 0.4) is 0 Å². The second-order valence-electron chi connectivity index (χ2n) is 4.62. The number of carbonyl (C=O) groups is 1. The summed E-state index contributed by atoms with van der Waals surface area (Å²) >= 11 is 0. The number of rotatable bonds is 4. The first-order valence-corrected chi connectivity index (χ1v) is 5.87. The summed E-state index contributed by atoms with van der Waals surface area (Å²) in [4.78, 5) is 19.0. The standard InChI is InChI=1S/C11H18N4O3/c1-14-3-4-15(2)8(6-14)5-12-11-13-9(7-18-11)10(16)17/h7-8H,3-6H2,1-2H3,(H,12,13)(H,16,17). The first-order valence-electron chi connectivity index (χ1n) is 5.87. The molecule has 2 heterocycles. The van der Waals surface area contributed by atoms with E-state index >= 15 is 0 Å². The Bertz CT molecular complexity index is 420. The number of nitrogens with one attached hydrogen (secondary N) is 1. The maximum absolute atomic E-state index is 10.7. The maximum Gasteiger partial charge on any atom is 0.357 e. The summed E-state index contributed by atoms with van der Waals surface area (Å²) < 4.78 is 5.04. The van der Waals surface area contributed by atoms with Gasteiger partial charge < -0.3 is 19.7 Å². The highest BCUT2D eigenvalue weighted by molar-refractivity contribution is 5.85. The molecule has 0 radical (unpaired) electrons. The first kappa shape index (κ1) is 12.8. The molecule has 0 saturated carbocycles. The number of aromatic nitrogens is 1. The van der Waals surface area contributed by atoms with E-state index in [0.29, 0.717) is 12.6 Å². The Morgan fingerprint density at radius 2 is 2.39 bits per heavy atom. The summed E-state index contributed by atoms with van der Waals surface area (Å²) in [6.07, 6.45) is 1.14. The van der Waals surface area contributed by atoms with Crippen LogP contribution in [-0.2, 0) is 0 Å². The molecule has 1 aromatic rings. The van der Waals surface area contributed by atoms with Gasteiger partial charge in [-0.3, -0.25) is 4.90 Å². The fraction of sp³-hybridized carbons (Fsp3) is 0.636. The molecule has 7 nitrogen and oxygen atoms in total. The van der Waals surface area contributed by atoms with Gasteiger partial charge in [0.1, 0.15) is 6.26 Å². The smallest absolute Gasteiger partial charge is 0.357 e. The first-order chi connectivity index (χ1) is 8.56. The molecule has 2 N–H and O–H groups in total. The van der Waals surface area contributed by atoms with Crippen LogP contribution in [0.1, 0.15) is 10.5 Å². The van der Waals surface area contributed by atoms with Crippen LogP contribution in [0.15, 0.2) is 10.7 Å². The summed E-state index contributed by atoms with van der Waals surface area (Å²) in [5, 5.41) is 11.8. The summed E-state index contributed by atoms with van der Waals surface area (Å²) in [6.45, 7) is 3.74. The minimum absolute atomic E-state index is 0.0772. The number of anilines is 1. The van der Waals surface area contributed by atoms with Crippen molar-refractivity contribution >= 4 is 12.0 Å². The molecule has 1 saturated heterocycles. The third-order valence-electron chi connectivity index (χ3n) is 3.19. The molecule has 1 aromatic heterocycles. The number of hydrogen-bond acceptors (Lipinski definition) is 6. The summed E-state index contributed by atoms with van der Waals surface area (Å²) in [5.74, 6) is -1.08. The van der Waals surface area contributed by atoms with Crippen molar-refractivity contribution in [1.82, 2.24) is 14.8 Å². The average molecular weight is 254 g/mol. The van der Waals surface area contributed by atoms with Crippen molar-refractivity contribution in [3.05, 3.63) is 12.0 Å². The van der Waals surface area contributed by atoms with Gasteiger partial charge in [0.25, 0.3) is 6.01 Å². The number of oxazole rings is 1. The summed E-state index contributed by atoms with van der Waals surface area (Å²) in [6, 6.07) is 0.623. The highest BCUT2D eigenvalue weighted by Crippen LogP contribution is 2.10. The van der Waals surface area contributed by atoms with E-state index in [4.69, 9.17) is 9.52 Å². The van der Waals surface area contributed by atoms with E-state index in [1.807, 2.05) is 0 Å². The third kappa shape index (κ3) is 2.99. The lowest BCUT2D eigenvalue weighted by molar-refractivity contribution is 0.0690. The zero-order valence-corrected chi connectivity index (χ0v) is 10.6. The number of carboxylic acid groups (broad SMARTS) is 1. The normalized spacial score (nSPS) is 22.0. The Morgan fingerprint density at radius 3 is 3.06 bits per heavy atom. The molecule has 0 bridgehead atoms. The largest absolute Gasteiger partial charge is 0.476 e. The minimum Gasteiger partial charge on any atom is -0.476 e. The highest BCUT2D eigenvalue weighted by Gasteiger charge is 2.22. The van der Waals surface area contributed by atoms with Gasteiger partial charge in [-0.2, -0.15) is 4.98 Å². The van der Waals surface area contributed by atoms with Crippen LogP contribution < -0.4 is 5.32 Å². The number of aromatic carboxylic acids is 1. The van der Waals surface area contributed by atoms with Crippen molar-refractivity contribution in [2.75, 3.05) is 45.6 Å². The van der Waals surface area contributed by atoms with Gasteiger partial charge in [-0.1, -0.05) is 0 Å². The van der Waals surface area contributed by atoms with E-state index in [-0.39, 0.29) is 11.7 Å². The van der Waals surface area contributed by atoms with Crippen LogP contribution in [0.2, 0.25) is 0 Å². The summed E-state index contributed by atoms with van der Waals surface area (Å²) in [5.41, 5.74) is -0.0772. The van der Waals surface area contributed by atoms with E-state index in [0.717, 1.165) is 25.9 Å². The Kier molecular flexibility index (Phi) is 3.83. The van der Waals surface area contributed by atoms with Crippen molar-refractivity contribution in [1.29, 1.82) is 0 Å². The van der Waals surface area contributed by atoms with E-state index in [2.05, 4.69) is 34.2 Å². The Labute approximate surface area is 105 Å². The summed E-state index contributed by atoms with van der Waals surface area (Å²) in [7, 11) is 4.17. The Balaban J connectivity index is 1.88. The highest BCUT2D eigenvalue weighted by atomic mass is 16.4. The number of carboxylic acids is 1. The van der Waals surface area contributed by atoms with Gasteiger partial charge in [0, 0.05) is 32.2 Å². The van der Waals surface area contributed by atoms with Crippen molar-refractivity contribution in [3.8, 4) is 0 Å². The molecule has 0 aromatic carbocycles. The van der Waals surface area contributed by atoms with Crippen molar-refractivity contribution in [3.63, 3.8) is 0 Å². The van der Waals surface area contributed by atoms with Crippen LogP contribution in [0.5, 0.6) is 0 Å². The molecular formula is C11H18N4O3. The van der Waals surface area contributed by atoms with Gasteiger partial charge >= 0.3 is 5.97 Å². The topological polar surface area (TPSA) is 81.8 Å². The number of nitrogens with zero attached hydrogens (tertiary/aromatic N) is 3. The van der Waals surface area contributed by atoms with Gasteiger partial charge in [-0.15, -0.1) is 0 Å². The molecule has 0 amide bonds. The molecule has 7 heteroatoms. The van der Waals surface area contributed by atoms with E-state index in [9.17, 15) is 4.79 Å². The molecule has 2 rings (SSSR count). The fourth-order valence-electron chi connectivity index (χ4n) is 1.98. The van der Waals surface area contributed by atoms with Crippen LogP contribution >= 0.6 is 0 Å². The van der Waals surface area contributed by atoms with Crippen molar-refractivity contribution in [2.24, 2.45) is 0 Å². The molecular weight excluding hydrogens is 236 g/mol. The molecule has 18 heavy (non-hydrogen) atoms. The SMILES string of the molecule is CN1CCN(C)C(CNc2nc(C(=O)O)co2)C1. The van der Waals surface area contributed by atoms with E-state index in [1.54, 1.807) is 0 Å². The van der Waals surface area contributed by atoms with Gasteiger partial charge in [-0.05, 0) is 14.1 Å².